The molecule has 0 aromatic rings. The molecule has 3 heteroatoms. The Morgan fingerprint density at radius 1 is 0.680 bits per heavy atom. The molecular formula is C22H42O3. The van der Waals surface area contributed by atoms with Crippen molar-refractivity contribution in [3.05, 3.63) is 24.3 Å². The second-order valence-electron chi connectivity index (χ2n) is 6.56. The van der Waals surface area contributed by atoms with Crippen LogP contribution in [0.1, 0.15) is 97.8 Å². The van der Waals surface area contributed by atoms with Gasteiger partial charge < -0.3 is 14.6 Å². The van der Waals surface area contributed by atoms with Gasteiger partial charge in [0.2, 0.25) is 0 Å². The quantitative estimate of drug-likeness (QED) is 0.173. The fourth-order valence-corrected chi connectivity index (χ4v) is 2.87. The van der Waals surface area contributed by atoms with Crippen LogP contribution in [-0.4, -0.2) is 24.3 Å². The first-order valence-electron chi connectivity index (χ1n) is 10.5. The number of ether oxygens (including phenoxy) is 2. The Morgan fingerprint density at radius 2 is 1.16 bits per heavy atom. The maximum atomic E-state index is 10.2. The van der Waals surface area contributed by atoms with Crippen LogP contribution >= 0.6 is 0 Å². The first-order chi connectivity index (χ1) is 12.2. The Hall–Kier alpha value is -0.640. The van der Waals surface area contributed by atoms with Gasteiger partial charge in [-0.2, -0.15) is 0 Å². The molecule has 0 aliphatic rings. The van der Waals surface area contributed by atoms with E-state index >= 15 is 0 Å². The van der Waals surface area contributed by atoms with Crippen molar-refractivity contribution in [2.45, 2.75) is 104 Å². The van der Waals surface area contributed by atoms with Crippen LogP contribution in [0.3, 0.4) is 0 Å². The average molecular weight is 355 g/mol. The summed E-state index contributed by atoms with van der Waals surface area (Å²) in [5.41, 5.74) is 0. The molecule has 0 aromatic heterocycles. The highest BCUT2D eigenvalue weighted by Crippen LogP contribution is 2.19. The van der Waals surface area contributed by atoms with Crippen LogP contribution in [0.2, 0.25) is 0 Å². The van der Waals surface area contributed by atoms with Crippen LogP contribution in [-0.2, 0) is 9.47 Å². The number of aliphatic hydroxyl groups is 1. The molecule has 0 aliphatic heterocycles. The van der Waals surface area contributed by atoms with Gasteiger partial charge in [-0.05, 0) is 39.5 Å². The van der Waals surface area contributed by atoms with Crippen molar-refractivity contribution < 1.29 is 14.6 Å². The third-order valence-electron chi connectivity index (χ3n) is 4.22. The molecule has 0 bridgehead atoms. The van der Waals surface area contributed by atoms with Crippen molar-refractivity contribution in [3.8, 4) is 0 Å². The summed E-state index contributed by atoms with van der Waals surface area (Å²) in [5.74, 6) is -1.37. The van der Waals surface area contributed by atoms with Gasteiger partial charge in [-0.1, -0.05) is 76.2 Å². The molecule has 0 saturated carbocycles. The molecule has 0 aliphatic carbocycles. The lowest BCUT2D eigenvalue weighted by Gasteiger charge is -2.26. The van der Waals surface area contributed by atoms with E-state index < -0.39 is 5.97 Å². The molecule has 0 radical (unpaired) electrons. The molecule has 0 heterocycles. The summed E-state index contributed by atoms with van der Waals surface area (Å²) < 4.78 is 10.6. The van der Waals surface area contributed by atoms with Gasteiger partial charge in [0.15, 0.2) is 0 Å². The van der Waals surface area contributed by atoms with Gasteiger partial charge in [-0.25, -0.2) is 0 Å². The molecule has 0 fully saturated rings. The molecule has 25 heavy (non-hydrogen) atoms. The number of rotatable bonds is 18. The summed E-state index contributed by atoms with van der Waals surface area (Å²) in [4.78, 5) is 0. The lowest BCUT2D eigenvalue weighted by atomic mass is 10.1. The molecule has 3 nitrogen and oxygen atoms in total. The predicted octanol–water partition coefficient (Wildman–Crippen LogP) is 6.52. The predicted molar refractivity (Wildman–Crippen MR) is 108 cm³/mol. The van der Waals surface area contributed by atoms with E-state index in [0.717, 1.165) is 19.3 Å². The summed E-state index contributed by atoms with van der Waals surface area (Å²) in [6.45, 7) is 6.86. The number of hydrogen-bond donors (Lipinski definition) is 1. The van der Waals surface area contributed by atoms with Crippen molar-refractivity contribution in [3.63, 3.8) is 0 Å². The third kappa shape index (κ3) is 16.6. The highest BCUT2D eigenvalue weighted by molar-refractivity contribution is 5.01. The van der Waals surface area contributed by atoms with Crippen molar-refractivity contribution in [1.29, 1.82) is 0 Å². The smallest absolute Gasteiger partial charge is 0.280 e. The van der Waals surface area contributed by atoms with E-state index in [4.69, 9.17) is 9.47 Å². The Balaban J connectivity index is 3.38. The van der Waals surface area contributed by atoms with E-state index in [9.17, 15) is 5.11 Å². The summed E-state index contributed by atoms with van der Waals surface area (Å²) >= 11 is 0. The van der Waals surface area contributed by atoms with E-state index in [-0.39, 0.29) is 0 Å². The topological polar surface area (TPSA) is 38.7 Å². The molecule has 0 spiro atoms. The van der Waals surface area contributed by atoms with Gasteiger partial charge in [0.1, 0.15) is 0 Å². The molecule has 148 valence electrons. The summed E-state index contributed by atoms with van der Waals surface area (Å²) in [6.07, 6.45) is 23.0. The van der Waals surface area contributed by atoms with Gasteiger partial charge in [0.25, 0.3) is 5.97 Å². The van der Waals surface area contributed by atoms with E-state index in [1.807, 2.05) is 13.8 Å². The van der Waals surface area contributed by atoms with Gasteiger partial charge >= 0.3 is 0 Å². The standard InChI is InChI=1S/C22H42O3/c1-4-7-8-9-10-11-12-13-14-15-16-17-18-19-20-21-22(23,24-5-2)25-6-3/h7-10,23H,4-6,11-21H2,1-3H3/b8-7+,10-9-. The van der Waals surface area contributed by atoms with E-state index in [1.165, 1.54) is 51.4 Å². The van der Waals surface area contributed by atoms with Crippen LogP contribution in [0.5, 0.6) is 0 Å². The minimum absolute atomic E-state index is 0.474. The first kappa shape index (κ1) is 24.4. The van der Waals surface area contributed by atoms with E-state index in [2.05, 4.69) is 31.2 Å². The second-order valence-corrected chi connectivity index (χ2v) is 6.56. The van der Waals surface area contributed by atoms with Crippen LogP contribution in [0.25, 0.3) is 0 Å². The largest absolute Gasteiger partial charge is 0.343 e. The van der Waals surface area contributed by atoms with Gasteiger partial charge in [-0.15, -0.1) is 0 Å². The molecule has 0 amide bonds. The Labute approximate surface area is 156 Å². The summed E-state index contributed by atoms with van der Waals surface area (Å²) in [5, 5.41) is 10.2. The minimum Gasteiger partial charge on any atom is -0.343 e. The van der Waals surface area contributed by atoms with Crippen molar-refractivity contribution in [2.24, 2.45) is 0 Å². The molecule has 0 unspecified atom stereocenters. The van der Waals surface area contributed by atoms with Crippen molar-refractivity contribution >= 4 is 0 Å². The zero-order valence-corrected chi connectivity index (χ0v) is 17.0. The highest BCUT2D eigenvalue weighted by Gasteiger charge is 2.26. The summed E-state index contributed by atoms with van der Waals surface area (Å²) in [7, 11) is 0. The van der Waals surface area contributed by atoms with Gasteiger partial charge in [-0.3, -0.25) is 0 Å². The number of unbranched alkanes of at least 4 members (excludes halogenated alkanes) is 9. The number of allylic oxidation sites excluding steroid dienone is 4. The first-order valence-corrected chi connectivity index (χ1v) is 10.5. The van der Waals surface area contributed by atoms with Crippen molar-refractivity contribution in [1.82, 2.24) is 0 Å². The second kappa shape index (κ2) is 18.2. The monoisotopic (exact) mass is 354 g/mol. The normalized spacial score (nSPS) is 12.6. The van der Waals surface area contributed by atoms with Gasteiger partial charge in [0, 0.05) is 19.6 Å². The molecule has 0 atom stereocenters. The molecule has 0 aromatic carbocycles. The fourth-order valence-electron chi connectivity index (χ4n) is 2.87. The maximum absolute atomic E-state index is 10.2. The summed E-state index contributed by atoms with van der Waals surface area (Å²) in [6, 6.07) is 0. The Morgan fingerprint density at radius 3 is 1.68 bits per heavy atom. The van der Waals surface area contributed by atoms with Crippen LogP contribution < -0.4 is 0 Å². The zero-order chi connectivity index (χ0) is 18.6. The highest BCUT2D eigenvalue weighted by atomic mass is 16.8. The average Bonchev–Trinajstić information content (AvgIpc) is 2.59. The lowest BCUT2D eigenvalue weighted by molar-refractivity contribution is -0.360. The maximum Gasteiger partial charge on any atom is 0.280 e. The van der Waals surface area contributed by atoms with Crippen LogP contribution in [0, 0.1) is 0 Å². The minimum atomic E-state index is -1.37. The van der Waals surface area contributed by atoms with Gasteiger partial charge in [0.05, 0.1) is 0 Å². The molecule has 1 N–H and O–H groups in total. The Kier molecular flexibility index (Phi) is 17.7. The van der Waals surface area contributed by atoms with E-state index in [1.54, 1.807) is 0 Å². The molecular weight excluding hydrogens is 312 g/mol. The zero-order valence-electron chi connectivity index (χ0n) is 17.0. The fraction of sp³-hybridized carbons (Fsp3) is 0.818. The Bertz CT molecular complexity index is 317. The van der Waals surface area contributed by atoms with Crippen LogP contribution in [0.4, 0.5) is 0 Å². The molecule has 0 rings (SSSR count). The van der Waals surface area contributed by atoms with Crippen LogP contribution in [0.15, 0.2) is 24.3 Å². The van der Waals surface area contributed by atoms with Crippen molar-refractivity contribution in [2.75, 3.05) is 13.2 Å². The van der Waals surface area contributed by atoms with E-state index in [0.29, 0.717) is 19.6 Å². The third-order valence-corrected chi connectivity index (χ3v) is 4.22. The molecule has 0 saturated heterocycles. The SMILES string of the molecule is CC/C=C/C=C\CCCCCCCCCCCC(O)(OCC)OCC. The number of hydrogen-bond acceptors (Lipinski definition) is 3. The lowest BCUT2D eigenvalue weighted by Crippen LogP contribution is -2.35.